The Bertz CT molecular complexity index is 736. The molecule has 6 heteroatoms. The molecule has 0 N–H and O–H groups in total. The van der Waals surface area contributed by atoms with E-state index in [1.807, 2.05) is 18.2 Å². The molecule has 0 spiro atoms. The van der Waals surface area contributed by atoms with Crippen LogP contribution in [0.1, 0.15) is 30.5 Å². The molecule has 0 amide bonds. The fourth-order valence-corrected chi connectivity index (χ4v) is 4.47. The van der Waals surface area contributed by atoms with Crippen LogP contribution in [0, 0.1) is 0 Å². The van der Waals surface area contributed by atoms with Crippen LogP contribution in [0.3, 0.4) is 0 Å². The Hall–Kier alpha value is -1.20. The van der Waals surface area contributed by atoms with E-state index in [4.69, 9.17) is 16.6 Å². The summed E-state index contributed by atoms with van der Waals surface area (Å²) in [5.41, 5.74) is 3.48. The fourth-order valence-electron chi connectivity index (χ4n) is 3.38. The number of alkyl halides is 2. The van der Waals surface area contributed by atoms with Crippen molar-refractivity contribution in [2.75, 3.05) is 18.0 Å². The van der Waals surface area contributed by atoms with Crippen LogP contribution in [0.15, 0.2) is 18.2 Å². The lowest BCUT2D eigenvalue weighted by Crippen LogP contribution is -2.56. The van der Waals surface area contributed by atoms with Crippen molar-refractivity contribution in [3.8, 4) is 10.4 Å². The highest BCUT2D eigenvalue weighted by molar-refractivity contribution is 7.19. The van der Waals surface area contributed by atoms with E-state index >= 15 is 0 Å². The number of halogens is 3. The van der Waals surface area contributed by atoms with Crippen LogP contribution in [0.5, 0.6) is 0 Å². The van der Waals surface area contributed by atoms with Crippen molar-refractivity contribution in [3.05, 3.63) is 33.8 Å². The molecule has 0 unspecified atom stereocenters. The van der Waals surface area contributed by atoms with Crippen LogP contribution < -0.4 is 4.90 Å². The number of aryl methyl sites for hydroxylation is 1. The number of pyridine rings is 1. The normalized spacial score (nSPS) is 19.9. The van der Waals surface area contributed by atoms with E-state index in [0.29, 0.717) is 5.82 Å². The van der Waals surface area contributed by atoms with Crippen LogP contribution in [-0.4, -0.2) is 24.0 Å². The molecule has 2 aromatic rings. The van der Waals surface area contributed by atoms with Gasteiger partial charge in [0.1, 0.15) is 5.82 Å². The molecule has 23 heavy (non-hydrogen) atoms. The van der Waals surface area contributed by atoms with E-state index in [2.05, 4.69) is 0 Å². The molecule has 122 valence electrons. The van der Waals surface area contributed by atoms with Gasteiger partial charge in [-0.2, -0.15) is 0 Å². The summed E-state index contributed by atoms with van der Waals surface area (Å²) in [6.45, 7) is -0.465. The second-order valence-electron chi connectivity index (χ2n) is 6.33. The number of aromatic nitrogens is 1. The van der Waals surface area contributed by atoms with Crippen molar-refractivity contribution in [3.63, 3.8) is 0 Å². The lowest BCUT2D eigenvalue weighted by molar-refractivity contribution is -0.0267. The Labute approximate surface area is 143 Å². The predicted molar refractivity (Wildman–Crippen MR) is 91.0 cm³/mol. The maximum Gasteiger partial charge on any atom is 0.282 e. The Kier molecular flexibility index (Phi) is 3.81. The highest BCUT2D eigenvalue weighted by Crippen LogP contribution is 2.40. The van der Waals surface area contributed by atoms with Crippen LogP contribution in [0.2, 0.25) is 4.34 Å². The van der Waals surface area contributed by atoms with Crippen molar-refractivity contribution in [2.24, 2.45) is 0 Å². The molecule has 2 nitrogen and oxygen atoms in total. The van der Waals surface area contributed by atoms with Gasteiger partial charge in [-0.25, -0.2) is 13.8 Å². The first kappa shape index (κ1) is 15.3. The maximum atomic E-state index is 13.2. The first-order chi connectivity index (χ1) is 11.0. The number of fused-ring (bicyclic) bond motifs is 1. The molecule has 0 saturated carbocycles. The van der Waals surface area contributed by atoms with E-state index in [9.17, 15) is 8.78 Å². The second kappa shape index (κ2) is 5.71. The van der Waals surface area contributed by atoms with Gasteiger partial charge in [-0.3, -0.25) is 0 Å². The summed E-state index contributed by atoms with van der Waals surface area (Å²) in [5.74, 6) is -1.91. The lowest BCUT2D eigenvalue weighted by atomic mass is 9.99. The van der Waals surface area contributed by atoms with Crippen LogP contribution in [0.25, 0.3) is 10.4 Å². The number of anilines is 1. The minimum atomic E-state index is -2.58. The third kappa shape index (κ3) is 2.96. The molecule has 0 aromatic carbocycles. The molecule has 0 bridgehead atoms. The smallest absolute Gasteiger partial charge is 0.282 e. The standard InChI is InChI=1S/C17H17ClF2N2S/c18-15-7-6-14(23-15)12-8-16(22-9-17(19,20)10-22)21-13-5-3-1-2-4-11(12)13/h6-8H,1-5,9-10H2. The van der Waals surface area contributed by atoms with Gasteiger partial charge in [-0.05, 0) is 49.4 Å². The van der Waals surface area contributed by atoms with E-state index < -0.39 is 5.92 Å². The topological polar surface area (TPSA) is 16.1 Å². The van der Waals surface area contributed by atoms with Crippen molar-refractivity contribution in [1.82, 2.24) is 4.98 Å². The zero-order valence-electron chi connectivity index (χ0n) is 12.6. The average Bonchev–Trinajstić information content (AvgIpc) is 2.77. The van der Waals surface area contributed by atoms with Gasteiger partial charge in [-0.15, -0.1) is 11.3 Å². The maximum absolute atomic E-state index is 13.2. The highest BCUT2D eigenvalue weighted by atomic mass is 35.5. The van der Waals surface area contributed by atoms with Crippen molar-refractivity contribution in [2.45, 2.75) is 38.0 Å². The zero-order chi connectivity index (χ0) is 16.0. The molecular weight excluding hydrogens is 338 g/mol. The molecule has 2 aliphatic rings. The van der Waals surface area contributed by atoms with Crippen molar-refractivity contribution < 1.29 is 8.78 Å². The summed E-state index contributed by atoms with van der Waals surface area (Å²) >= 11 is 7.63. The highest BCUT2D eigenvalue weighted by Gasteiger charge is 2.44. The van der Waals surface area contributed by atoms with Gasteiger partial charge >= 0.3 is 0 Å². The summed E-state index contributed by atoms with van der Waals surface area (Å²) < 4.78 is 27.2. The van der Waals surface area contributed by atoms with E-state index in [1.165, 1.54) is 23.3 Å². The minimum absolute atomic E-state index is 0.233. The Morgan fingerprint density at radius 1 is 1.13 bits per heavy atom. The number of nitrogens with zero attached hydrogens (tertiary/aromatic N) is 2. The van der Waals surface area contributed by atoms with Gasteiger partial charge < -0.3 is 4.90 Å². The predicted octanol–water partition coefficient (Wildman–Crippen LogP) is 5.19. The molecule has 1 saturated heterocycles. The Balaban J connectivity index is 1.79. The van der Waals surface area contributed by atoms with Gasteiger partial charge in [-0.1, -0.05) is 18.0 Å². The van der Waals surface area contributed by atoms with E-state index in [-0.39, 0.29) is 13.1 Å². The second-order valence-corrected chi connectivity index (χ2v) is 8.04. The van der Waals surface area contributed by atoms with Gasteiger partial charge in [0.15, 0.2) is 0 Å². The Morgan fingerprint density at radius 2 is 1.91 bits per heavy atom. The largest absolute Gasteiger partial charge is 0.344 e. The van der Waals surface area contributed by atoms with Gasteiger partial charge in [0.2, 0.25) is 0 Å². The summed E-state index contributed by atoms with van der Waals surface area (Å²) in [5, 5.41) is 0. The number of thiophene rings is 1. The fraction of sp³-hybridized carbons (Fsp3) is 0.471. The van der Waals surface area contributed by atoms with Crippen LogP contribution in [0.4, 0.5) is 14.6 Å². The average molecular weight is 355 g/mol. The van der Waals surface area contributed by atoms with Crippen molar-refractivity contribution >= 4 is 28.8 Å². The zero-order valence-corrected chi connectivity index (χ0v) is 14.2. The van der Waals surface area contributed by atoms with Crippen LogP contribution >= 0.6 is 22.9 Å². The number of rotatable bonds is 2. The molecular formula is C17H17ClF2N2S. The molecule has 1 aliphatic carbocycles. The van der Waals surface area contributed by atoms with Gasteiger partial charge in [0.25, 0.3) is 5.92 Å². The van der Waals surface area contributed by atoms with Crippen molar-refractivity contribution in [1.29, 1.82) is 0 Å². The number of hydrogen-bond acceptors (Lipinski definition) is 3. The third-order valence-corrected chi connectivity index (χ3v) is 5.81. The quantitative estimate of drug-likeness (QED) is 0.690. The summed E-state index contributed by atoms with van der Waals surface area (Å²) in [6.07, 6.45) is 5.40. The first-order valence-electron chi connectivity index (χ1n) is 7.93. The molecule has 1 aliphatic heterocycles. The minimum Gasteiger partial charge on any atom is -0.344 e. The monoisotopic (exact) mass is 354 g/mol. The van der Waals surface area contributed by atoms with Gasteiger partial charge in [0, 0.05) is 16.1 Å². The number of hydrogen-bond donors (Lipinski definition) is 0. The van der Waals surface area contributed by atoms with Gasteiger partial charge in [0.05, 0.1) is 17.4 Å². The molecule has 2 aromatic heterocycles. The SMILES string of the molecule is FC1(F)CN(c2cc(-c3ccc(Cl)s3)c3c(n2)CCCCC3)C1. The first-order valence-corrected chi connectivity index (χ1v) is 9.13. The molecule has 1 fully saturated rings. The molecule has 3 heterocycles. The molecule has 0 atom stereocenters. The molecule has 4 rings (SSSR count). The lowest BCUT2D eigenvalue weighted by Gasteiger charge is -2.40. The third-order valence-electron chi connectivity index (χ3n) is 4.54. The molecule has 0 radical (unpaired) electrons. The summed E-state index contributed by atoms with van der Waals surface area (Å²) in [6, 6.07) is 5.88. The van der Waals surface area contributed by atoms with E-state index in [1.54, 1.807) is 4.90 Å². The summed E-state index contributed by atoms with van der Waals surface area (Å²) in [7, 11) is 0. The van der Waals surface area contributed by atoms with Crippen LogP contribution in [-0.2, 0) is 12.8 Å². The summed E-state index contributed by atoms with van der Waals surface area (Å²) in [4.78, 5) is 7.49. The Morgan fingerprint density at radius 3 is 2.61 bits per heavy atom. The van der Waals surface area contributed by atoms with E-state index in [0.717, 1.165) is 46.2 Å².